The van der Waals surface area contributed by atoms with Crippen LogP contribution in [-0.2, 0) is 4.79 Å². The van der Waals surface area contributed by atoms with Gasteiger partial charge in [0.1, 0.15) is 6.17 Å². The third kappa shape index (κ3) is 2.71. The highest BCUT2D eigenvalue weighted by Gasteiger charge is 2.44. The van der Waals surface area contributed by atoms with E-state index in [9.17, 15) is 13.6 Å². The van der Waals surface area contributed by atoms with Gasteiger partial charge in [-0.3, -0.25) is 4.79 Å². The molecule has 2 atom stereocenters. The Bertz CT molecular complexity index is 278. The fourth-order valence-electron chi connectivity index (χ4n) is 2.12. The molecule has 0 saturated carbocycles. The quantitative estimate of drug-likeness (QED) is 0.681. The summed E-state index contributed by atoms with van der Waals surface area (Å²) >= 11 is 0. The Hall–Kier alpha value is -0.670. The number of halogens is 2. The Labute approximate surface area is 96.0 Å². The summed E-state index contributed by atoms with van der Waals surface area (Å²) in [6.45, 7) is 8.60. The summed E-state index contributed by atoms with van der Waals surface area (Å²) in [5, 5.41) is 0. The first-order chi connectivity index (χ1) is 7.03. The fraction of sp³-hybridized carbons (Fsp3) is 0.917. The number of carbonyl (C=O) groups excluding carboxylic acids is 1. The standard InChI is InChI=1S/C12H21F2NO/c1-11(2,3)8-6-15(7-9(8)13)10(16)12(4,5)14/h8-9H,6-7H2,1-5H3/t8-,9+/m1/s1. The van der Waals surface area contributed by atoms with Gasteiger partial charge in [0.15, 0.2) is 5.67 Å². The zero-order valence-electron chi connectivity index (χ0n) is 10.7. The van der Waals surface area contributed by atoms with Gasteiger partial charge in [-0.25, -0.2) is 8.78 Å². The zero-order valence-corrected chi connectivity index (χ0v) is 10.7. The van der Waals surface area contributed by atoms with Crippen molar-refractivity contribution in [3.8, 4) is 0 Å². The second-order valence-corrected chi connectivity index (χ2v) is 6.17. The predicted molar refractivity (Wildman–Crippen MR) is 59.6 cm³/mol. The molecule has 0 aromatic rings. The van der Waals surface area contributed by atoms with Gasteiger partial charge >= 0.3 is 0 Å². The molecule has 0 aliphatic carbocycles. The van der Waals surface area contributed by atoms with E-state index in [1.165, 1.54) is 18.7 Å². The molecule has 1 aliphatic rings. The third-order valence-corrected chi connectivity index (χ3v) is 3.16. The number of carbonyl (C=O) groups is 1. The lowest BCUT2D eigenvalue weighted by atomic mass is 9.79. The Morgan fingerprint density at radius 3 is 2.00 bits per heavy atom. The number of hydrogen-bond acceptors (Lipinski definition) is 1. The van der Waals surface area contributed by atoms with Crippen LogP contribution in [0.25, 0.3) is 0 Å². The highest BCUT2D eigenvalue weighted by molar-refractivity contribution is 5.84. The van der Waals surface area contributed by atoms with Gasteiger partial charge in [-0.1, -0.05) is 20.8 Å². The summed E-state index contributed by atoms with van der Waals surface area (Å²) in [7, 11) is 0. The number of alkyl halides is 2. The molecular weight excluding hydrogens is 212 g/mol. The molecule has 1 fully saturated rings. The summed E-state index contributed by atoms with van der Waals surface area (Å²) in [5.74, 6) is -0.819. The average molecular weight is 233 g/mol. The predicted octanol–water partition coefficient (Wildman–Crippen LogP) is 2.58. The van der Waals surface area contributed by atoms with E-state index in [-0.39, 0.29) is 17.9 Å². The molecule has 0 N–H and O–H groups in total. The normalized spacial score (nSPS) is 27.3. The van der Waals surface area contributed by atoms with E-state index in [1.54, 1.807) is 0 Å². The van der Waals surface area contributed by atoms with Gasteiger partial charge in [-0.15, -0.1) is 0 Å². The van der Waals surface area contributed by atoms with Crippen molar-refractivity contribution in [1.82, 2.24) is 4.90 Å². The van der Waals surface area contributed by atoms with Gasteiger partial charge in [0.2, 0.25) is 0 Å². The molecule has 0 unspecified atom stereocenters. The average Bonchev–Trinajstić information content (AvgIpc) is 2.43. The van der Waals surface area contributed by atoms with Gasteiger partial charge in [0, 0.05) is 12.5 Å². The molecule has 94 valence electrons. The van der Waals surface area contributed by atoms with Crippen molar-refractivity contribution in [2.45, 2.75) is 46.5 Å². The molecule has 16 heavy (non-hydrogen) atoms. The Morgan fingerprint density at radius 1 is 1.19 bits per heavy atom. The van der Waals surface area contributed by atoms with Crippen LogP contribution in [0.2, 0.25) is 0 Å². The summed E-state index contributed by atoms with van der Waals surface area (Å²) in [6, 6.07) is 0. The van der Waals surface area contributed by atoms with Crippen LogP contribution in [0.1, 0.15) is 34.6 Å². The molecule has 1 heterocycles. The molecule has 0 spiro atoms. The highest BCUT2D eigenvalue weighted by Crippen LogP contribution is 2.36. The number of hydrogen-bond donors (Lipinski definition) is 0. The Balaban J connectivity index is 2.75. The minimum absolute atomic E-state index is 0.0219. The summed E-state index contributed by atoms with van der Waals surface area (Å²) < 4.78 is 27.2. The molecule has 2 nitrogen and oxygen atoms in total. The maximum absolute atomic E-state index is 13.8. The molecule has 0 bridgehead atoms. The van der Waals surface area contributed by atoms with Crippen LogP contribution in [0.4, 0.5) is 8.78 Å². The molecule has 0 aromatic heterocycles. The topological polar surface area (TPSA) is 20.3 Å². The molecule has 0 radical (unpaired) electrons. The van der Waals surface area contributed by atoms with Crippen molar-refractivity contribution in [3.63, 3.8) is 0 Å². The first-order valence-corrected chi connectivity index (χ1v) is 5.66. The summed E-state index contributed by atoms with van der Waals surface area (Å²) in [4.78, 5) is 13.0. The van der Waals surface area contributed by atoms with Gasteiger partial charge in [-0.2, -0.15) is 0 Å². The lowest BCUT2D eigenvalue weighted by molar-refractivity contribution is -0.141. The van der Waals surface area contributed by atoms with Crippen LogP contribution in [0, 0.1) is 11.3 Å². The van der Waals surface area contributed by atoms with Gasteiger partial charge in [0.25, 0.3) is 5.91 Å². The molecule has 1 amide bonds. The monoisotopic (exact) mass is 233 g/mol. The second-order valence-electron chi connectivity index (χ2n) is 6.17. The lowest BCUT2D eigenvalue weighted by Crippen LogP contribution is -2.42. The van der Waals surface area contributed by atoms with Crippen LogP contribution in [0.3, 0.4) is 0 Å². The maximum atomic E-state index is 13.8. The fourth-order valence-corrected chi connectivity index (χ4v) is 2.12. The van der Waals surface area contributed by atoms with Crippen LogP contribution >= 0.6 is 0 Å². The highest BCUT2D eigenvalue weighted by atomic mass is 19.1. The minimum atomic E-state index is -1.91. The third-order valence-electron chi connectivity index (χ3n) is 3.16. The number of likely N-dealkylation sites (tertiary alicyclic amines) is 1. The molecule has 1 rings (SSSR count). The lowest BCUT2D eigenvalue weighted by Gasteiger charge is -2.28. The molecule has 1 aliphatic heterocycles. The minimum Gasteiger partial charge on any atom is -0.337 e. The number of nitrogens with zero attached hydrogens (tertiary/aromatic N) is 1. The first-order valence-electron chi connectivity index (χ1n) is 5.66. The van der Waals surface area contributed by atoms with E-state index in [0.717, 1.165) is 0 Å². The van der Waals surface area contributed by atoms with Crippen molar-refractivity contribution in [3.05, 3.63) is 0 Å². The van der Waals surface area contributed by atoms with E-state index in [1.807, 2.05) is 20.8 Å². The summed E-state index contributed by atoms with van der Waals surface area (Å²) in [5.41, 5.74) is -2.11. The van der Waals surface area contributed by atoms with Crippen molar-refractivity contribution >= 4 is 5.91 Å². The van der Waals surface area contributed by atoms with Crippen LogP contribution in [-0.4, -0.2) is 35.7 Å². The Kier molecular flexibility index (Phi) is 3.32. The maximum Gasteiger partial charge on any atom is 0.259 e. The van der Waals surface area contributed by atoms with Crippen molar-refractivity contribution in [1.29, 1.82) is 0 Å². The van der Waals surface area contributed by atoms with E-state index in [0.29, 0.717) is 6.54 Å². The number of rotatable bonds is 1. The second kappa shape index (κ2) is 3.97. The van der Waals surface area contributed by atoms with E-state index >= 15 is 0 Å². The van der Waals surface area contributed by atoms with Gasteiger partial charge < -0.3 is 4.90 Å². The van der Waals surface area contributed by atoms with Crippen LogP contribution in [0.15, 0.2) is 0 Å². The SMILES string of the molecule is CC(C)(F)C(=O)N1C[C@@H](C(C)(C)C)[C@@H](F)C1. The van der Waals surface area contributed by atoms with Crippen molar-refractivity contribution < 1.29 is 13.6 Å². The van der Waals surface area contributed by atoms with Gasteiger partial charge in [0.05, 0.1) is 6.54 Å². The van der Waals surface area contributed by atoms with E-state index in [4.69, 9.17) is 0 Å². The molecule has 4 heteroatoms. The first kappa shape index (κ1) is 13.4. The van der Waals surface area contributed by atoms with E-state index in [2.05, 4.69) is 0 Å². The van der Waals surface area contributed by atoms with Crippen molar-refractivity contribution in [2.75, 3.05) is 13.1 Å². The smallest absolute Gasteiger partial charge is 0.259 e. The van der Waals surface area contributed by atoms with Crippen LogP contribution in [0.5, 0.6) is 0 Å². The van der Waals surface area contributed by atoms with Crippen LogP contribution < -0.4 is 0 Å². The largest absolute Gasteiger partial charge is 0.337 e. The molecule has 0 aromatic carbocycles. The molecule has 1 saturated heterocycles. The Morgan fingerprint density at radius 2 is 1.69 bits per heavy atom. The summed E-state index contributed by atoms with van der Waals surface area (Å²) in [6.07, 6.45) is -1.05. The zero-order chi connectivity index (χ0) is 12.7. The van der Waals surface area contributed by atoms with Crippen molar-refractivity contribution in [2.24, 2.45) is 11.3 Å². The molecular formula is C12H21F2NO. The van der Waals surface area contributed by atoms with Gasteiger partial charge in [-0.05, 0) is 19.3 Å². The van der Waals surface area contributed by atoms with E-state index < -0.39 is 17.7 Å². The number of amides is 1.